The van der Waals surface area contributed by atoms with Gasteiger partial charge in [0.1, 0.15) is 5.69 Å². The van der Waals surface area contributed by atoms with E-state index in [2.05, 4.69) is 44.6 Å². The molecule has 3 heterocycles. The van der Waals surface area contributed by atoms with E-state index in [-0.39, 0.29) is 12.0 Å². The first-order valence-electron chi connectivity index (χ1n) is 9.90. The van der Waals surface area contributed by atoms with E-state index in [0.29, 0.717) is 18.8 Å². The summed E-state index contributed by atoms with van der Waals surface area (Å²) in [5.74, 6) is -0.207. The summed E-state index contributed by atoms with van der Waals surface area (Å²) in [7, 11) is 0. The molecule has 1 aliphatic heterocycles. The number of ether oxygens (including phenoxy) is 1. The van der Waals surface area contributed by atoms with Gasteiger partial charge in [-0.1, -0.05) is 30.3 Å². The molecule has 0 saturated carbocycles. The van der Waals surface area contributed by atoms with Gasteiger partial charge >= 0.3 is 0 Å². The first-order chi connectivity index (χ1) is 14.3. The van der Waals surface area contributed by atoms with Gasteiger partial charge in [0.25, 0.3) is 5.91 Å². The van der Waals surface area contributed by atoms with E-state index in [4.69, 9.17) is 4.74 Å². The molecule has 1 N–H and O–H groups in total. The molecule has 1 amide bonds. The second kappa shape index (κ2) is 9.45. The number of carbonyl (C=O) groups excluding carboxylic acids is 1. The Labute approximate surface area is 170 Å². The van der Waals surface area contributed by atoms with Crippen molar-refractivity contribution in [3.63, 3.8) is 0 Å². The van der Waals surface area contributed by atoms with E-state index >= 15 is 0 Å². The van der Waals surface area contributed by atoms with Gasteiger partial charge in [0.15, 0.2) is 0 Å². The Morgan fingerprint density at radius 2 is 2.07 bits per heavy atom. The summed E-state index contributed by atoms with van der Waals surface area (Å²) in [6.07, 6.45) is 6.10. The molecule has 2 aromatic heterocycles. The van der Waals surface area contributed by atoms with Crippen molar-refractivity contribution >= 4 is 5.91 Å². The third-order valence-corrected chi connectivity index (χ3v) is 4.92. The van der Waals surface area contributed by atoms with Crippen LogP contribution in [-0.2, 0) is 11.3 Å². The number of amides is 1. The van der Waals surface area contributed by atoms with Crippen LogP contribution in [0.3, 0.4) is 0 Å². The van der Waals surface area contributed by atoms with Gasteiger partial charge in [-0.15, -0.1) is 0 Å². The summed E-state index contributed by atoms with van der Waals surface area (Å²) in [5.41, 5.74) is 2.46. The molecule has 0 spiro atoms. The fourth-order valence-electron chi connectivity index (χ4n) is 3.48. The summed E-state index contributed by atoms with van der Waals surface area (Å²) in [5, 5.41) is 7.16. The number of hydrogen-bond acceptors (Lipinski definition) is 5. The number of nitrogens with zero attached hydrogens (tertiary/aromatic N) is 4. The van der Waals surface area contributed by atoms with Crippen molar-refractivity contribution in [3.05, 3.63) is 78.4 Å². The van der Waals surface area contributed by atoms with Crippen LogP contribution in [0, 0.1) is 0 Å². The fraction of sp³-hybridized carbons (Fsp3) is 0.318. The van der Waals surface area contributed by atoms with E-state index in [0.717, 1.165) is 31.7 Å². The molecule has 29 heavy (non-hydrogen) atoms. The number of hydrogen-bond donors (Lipinski definition) is 1. The highest BCUT2D eigenvalue weighted by molar-refractivity contribution is 5.92. The zero-order valence-corrected chi connectivity index (χ0v) is 16.3. The monoisotopic (exact) mass is 391 g/mol. The lowest BCUT2D eigenvalue weighted by molar-refractivity contribution is 0.0510. The van der Waals surface area contributed by atoms with Crippen molar-refractivity contribution in [1.82, 2.24) is 25.0 Å². The largest absolute Gasteiger partial charge is 0.375 e. The smallest absolute Gasteiger partial charge is 0.270 e. The minimum atomic E-state index is -0.207. The second-order valence-electron chi connectivity index (χ2n) is 7.13. The summed E-state index contributed by atoms with van der Waals surface area (Å²) >= 11 is 0. The van der Waals surface area contributed by atoms with Gasteiger partial charge in [-0.3, -0.25) is 14.7 Å². The topological polar surface area (TPSA) is 72.3 Å². The molecule has 7 heteroatoms. The summed E-state index contributed by atoms with van der Waals surface area (Å²) in [6.45, 7) is 3.83. The number of aromatic nitrogens is 3. The van der Waals surface area contributed by atoms with E-state index < -0.39 is 0 Å². The van der Waals surface area contributed by atoms with Crippen LogP contribution in [0.25, 0.3) is 5.69 Å². The maximum Gasteiger partial charge on any atom is 0.270 e. The lowest BCUT2D eigenvalue weighted by Crippen LogP contribution is -2.40. The predicted octanol–water partition coefficient (Wildman–Crippen LogP) is 2.29. The van der Waals surface area contributed by atoms with Crippen LogP contribution in [0.15, 0.2) is 67.1 Å². The molecule has 150 valence electrons. The number of pyridine rings is 1. The quantitative estimate of drug-likeness (QED) is 0.698. The maximum absolute atomic E-state index is 12.6. The molecule has 7 nitrogen and oxygen atoms in total. The minimum Gasteiger partial charge on any atom is -0.375 e. The van der Waals surface area contributed by atoms with E-state index in [1.165, 1.54) is 5.56 Å². The number of nitrogens with one attached hydrogen (secondary N) is 1. The van der Waals surface area contributed by atoms with Crippen molar-refractivity contribution in [2.75, 3.05) is 26.2 Å². The molecule has 1 aliphatic rings. The van der Waals surface area contributed by atoms with Gasteiger partial charge in [0.2, 0.25) is 0 Å². The number of rotatable bonds is 6. The Kier molecular flexibility index (Phi) is 6.29. The molecule has 1 fully saturated rings. The Morgan fingerprint density at radius 1 is 1.17 bits per heavy atom. The second-order valence-corrected chi connectivity index (χ2v) is 7.13. The van der Waals surface area contributed by atoms with Crippen molar-refractivity contribution in [3.8, 4) is 5.69 Å². The van der Waals surface area contributed by atoms with Crippen LogP contribution in [0.2, 0.25) is 0 Å². The molecule has 3 aromatic rings. The molecule has 1 unspecified atom stereocenters. The third-order valence-electron chi connectivity index (χ3n) is 4.92. The molecule has 1 atom stereocenters. The van der Waals surface area contributed by atoms with Gasteiger partial charge in [-0.05, 0) is 30.2 Å². The highest BCUT2D eigenvalue weighted by Crippen LogP contribution is 2.11. The lowest BCUT2D eigenvalue weighted by atomic mass is 10.2. The fourth-order valence-corrected chi connectivity index (χ4v) is 3.48. The van der Waals surface area contributed by atoms with Crippen LogP contribution in [0.4, 0.5) is 0 Å². The van der Waals surface area contributed by atoms with Gasteiger partial charge in [-0.2, -0.15) is 5.10 Å². The molecule has 1 aromatic carbocycles. The number of benzene rings is 1. The first kappa shape index (κ1) is 19.3. The van der Waals surface area contributed by atoms with Gasteiger partial charge in [-0.25, -0.2) is 4.68 Å². The summed E-state index contributed by atoms with van der Waals surface area (Å²) in [4.78, 5) is 19.2. The van der Waals surface area contributed by atoms with Crippen LogP contribution >= 0.6 is 0 Å². The lowest BCUT2D eigenvalue weighted by Gasteiger charge is -2.24. The van der Waals surface area contributed by atoms with Gasteiger partial charge in [0, 0.05) is 51.4 Å². The van der Waals surface area contributed by atoms with Crippen molar-refractivity contribution in [2.45, 2.75) is 19.1 Å². The Balaban J connectivity index is 1.34. The van der Waals surface area contributed by atoms with Crippen molar-refractivity contribution in [1.29, 1.82) is 0 Å². The SMILES string of the molecule is O=C(NCC1CN(Cc2ccccc2)CCCO1)c1cc(-n2cccn2)ccn1. The minimum absolute atomic E-state index is 0.0422. The molecule has 1 saturated heterocycles. The van der Waals surface area contributed by atoms with Gasteiger partial charge in [0.05, 0.1) is 11.8 Å². The predicted molar refractivity (Wildman–Crippen MR) is 110 cm³/mol. The zero-order chi connectivity index (χ0) is 19.9. The standard InChI is InChI=1S/C22H25N5O2/c28-22(21-14-19(8-10-23-21)27-12-4-9-25-27)24-15-20-17-26(11-5-13-29-20)16-18-6-2-1-3-7-18/h1-4,6-10,12,14,20H,5,11,13,15-17H2,(H,24,28). The molecular weight excluding hydrogens is 366 g/mol. The van der Waals surface area contributed by atoms with E-state index in [9.17, 15) is 4.79 Å². The van der Waals surface area contributed by atoms with Crippen molar-refractivity contribution in [2.24, 2.45) is 0 Å². The molecule has 0 radical (unpaired) electrons. The normalized spacial score (nSPS) is 17.6. The molecule has 0 bridgehead atoms. The van der Waals surface area contributed by atoms with Crippen LogP contribution in [0.5, 0.6) is 0 Å². The van der Waals surface area contributed by atoms with E-state index in [1.54, 1.807) is 23.1 Å². The maximum atomic E-state index is 12.6. The zero-order valence-electron chi connectivity index (χ0n) is 16.3. The highest BCUT2D eigenvalue weighted by atomic mass is 16.5. The summed E-state index contributed by atoms with van der Waals surface area (Å²) < 4.78 is 7.65. The van der Waals surface area contributed by atoms with Crippen LogP contribution < -0.4 is 5.32 Å². The Hall–Kier alpha value is -3.03. The Bertz CT molecular complexity index is 914. The molecule has 0 aliphatic carbocycles. The molecule has 4 rings (SSSR count). The Morgan fingerprint density at radius 3 is 2.90 bits per heavy atom. The first-order valence-corrected chi connectivity index (χ1v) is 9.90. The van der Waals surface area contributed by atoms with Gasteiger partial charge < -0.3 is 10.1 Å². The third kappa shape index (κ3) is 5.28. The van der Waals surface area contributed by atoms with Crippen LogP contribution in [-0.4, -0.2) is 57.9 Å². The molecular formula is C22H25N5O2. The number of carbonyl (C=O) groups is 1. The summed E-state index contributed by atoms with van der Waals surface area (Å²) in [6, 6.07) is 15.8. The van der Waals surface area contributed by atoms with Crippen molar-refractivity contribution < 1.29 is 9.53 Å². The van der Waals surface area contributed by atoms with Crippen LogP contribution in [0.1, 0.15) is 22.5 Å². The highest BCUT2D eigenvalue weighted by Gasteiger charge is 2.20. The average Bonchev–Trinajstić information content (AvgIpc) is 3.21. The average molecular weight is 391 g/mol. The van der Waals surface area contributed by atoms with E-state index in [1.807, 2.05) is 24.4 Å².